The third kappa shape index (κ3) is 1.30. The molecule has 1 heterocycles. The normalized spacial score (nSPS) is 42.6. The fourth-order valence-electron chi connectivity index (χ4n) is 3.87. The van der Waals surface area contributed by atoms with E-state index in [-0.39, 0.29) is 11.6 Å². The van der Waals surface area contributed by atoms with Gasteiger partial charge in [0.2, 0.25) is 0 Å². The van der Waals surface area contributed by atoms with Crippen molar-refractivity contribution in [1.82, 2.24) is 4.90 Å². The number of fused-ring (bicyclic) bond motifs is 1. The van der Waals surface area contributed by atoms with Crippen molar-refractivity contribution in [3.8, 4) is 0 Å². The molecule has 1 amide bonds. The summed E-state index contributed by atoms with van der Waals surface area (Å²) in [7, 11) is 0. The summed E-state index contributed by atoms with van der Waals surface area (Å²) in [5.74, 6) is 0.949. The molecule has 0 aromatic carbocycles. The highest BCUT2D eigenvalue weighted by Gasteiger charge is 2.57. The molecule has 0 aromatic rings. The maximum absolute atomic E-state index is 11.4. The Balaban J connectivity index is 2.38. The summed E-state index contributed by atoms with van der Waals surface area (Å²) in [6, 6.07) is 0.131. The average molecular weight is 223 g/mol. The lowest BCUT2D eigenvalue weighted by Crippen LogP contribution is -2.49. The number of amides is 1. The van der Waals surface area contributed by atoms with Crippen LogP contribution in [0.4, 0.5) is 4.79 Å². The number of allylic oxidation sites excluding steroid dienone is 1. The van der Waals surface area contributed by atoms with Crippen LogP contribution in [0.5, 0.6) is 0 Å². The van der Waals surface area contributed by atoms with E-state index in [0.29, 0.717) is 11.8 Å². The van der Waals surface area contributed by atoms with Gasteiger partial charge in [-0.25, -0.2) is 4.79 Å². The summed E-state index contributed by atoms with van der Waals surface area (Å²) in [5.41, 5.74) is 1.10. The van der Waals surface area contributed by atoms with Crippen molar-refractivity contribution in [3.63, 3.8) is 0 Å². The fourth-order valence-corrected chi connectivity index (χ4v) is 3.87. The van der Waals surface area contributed by atoms with Crippen LogP contribution in [-0.4, -0.2) is 27.7 Å². The molecule has 0 spiro atoms. The fraction of sp³-hybridized carbons (Fsp3) is 0.769. The molecule has 1 aliphatic heterocycles. The maximum Gasteiger partial charge on any atom is 0.408 e. The number of carboxylic acid groups (broad SMARTS) is 1. The van der Waals surface area contributed by atoms with Crippen LogP contribution in [0.1, 0.15) is 40.0 Å². The van der Waals surface area contributed by atoms with Gasteiger partial charge in [-0.1, -0.05) is 19.1 Å². The Kier molecular flexibility index (Phi) is 2.52. The van der Waals surface area contributed by atoms with E-state index in [9.17, 15) is 9.90 Å². The zero-order chi connectivity index (χ0) is 12.1. The largest absolute Gasteiger partial charge is 0.465 e. The van der Waals surface area contributed by atoms with Crippen molar-refractivity contribution in [2.75, 3.05) is 0 Å². The van der Waals surface area contributed by atoms with Crippen molar-refractivity contribution < 1.29 is 9.90 Å². The second kappa shape index (κ2) is 3.51. The summed E-state index contributed by atoms with van der Waals surface area (Å²) in [6.07, 6.45) is 2.13. The summed E-state index contributed by atoms with van der Waals surface area (Å²) in [4.78, 5) is 13.1. The molecule has 0 aromatic heterocycles. The number of rotatable bonds is 1. The molecular weight excluding hydrogens is 202 g/mol. The quantitative estimate of drug-likeness (QED) is 0.694. The molecule has 1 saturated carbocycles. The van der Waals surface area contributed by atoms with Gasteiger partial charge >= 0.3 is 6.09 Å². The smallest absolute Gasteiger partial charge is 0.408 e. The predicted octanol–water partition coefficient (Wildman–Crippen LogP) is 3.12. The highest BCUT2D eigenvalue weighted by Crippen LogP contribution is 2.54. The topological polar surface area (TPSA) is 40.5 Å². The van der Waals surface area contributed by atoms with E-state index in [2.05, 4.69) is 20.4 Å². The molecule has 0 bridgehead atoms. The monoisotopic (exact) mass is 223 g/mol. The molecule has 1 aliphatic carbocycles. The minimum atomic E-state index is -0.767. The molecular formula is C13H21NO2. The minimum absolute atomic E-state index is 0.131. The molecule has 4 unspecified atom stereocenters. The van der Waals surface area contributed by atoms with Gasteiger partial charge in [0.05, 0.1) is 0 Å². The van der Waals surface area contributed by atoms with E-state index < -0.39 is 6.09 Å². The van der Waals surface area contributed by atoms with Gasteiger partial charge in [0, 0.05) is 11.6 Å². The first-order valence-electron chi connectivity index (χ1n) is 6.10. The van der Waals surface area contributed by atoms with Crippen LogP contribution in [0, 0.1) is 11.8 Å². The Morgan fingerprint density at radius 1 is 1.62 bits per heavy atom. The van der Waals surface area contributed by atoms with Gasteiger partial charge in [-0.3, -0.25) is 4.90 Å². The van der Waals surface area contributed by atoms with E-state index in [1.807, 2.05) is 6.92 Å². The van der Waals surface area contributed by atoms with E-state index in [1.165, 1.54) is 5.57 Å². The number of nitrogens with zero attached hydrogens (tertiary/aromatic N) is 1. The standard InChI is InChI=1S/C13H21NO2/c1-5-13(4)11-7-8(2)6-10(11)9(3)14(13)12(15)16/h9-11H,2,5-7H2,1,3-4H3,(H,15,16). The molecule has 4 atom stereocenters. The van der Waals surface area contributed by atoms with Crippen LogP contribution in [0.25, 0.3) is 0 Å². The Labute approximate surface area is 97.1 Å². The Hall–Kier alpha value is -0.990. The molecule has 2 rings (SSSR count). The first-order valence-corrected chi connectivity index (χ1v) is 6.10. The molecule has 0 radical (unpaired) electrons. The Morgan fingerprint density at radius 3 is 2.75 bits per heavy atom. The molecule has 1 N–H and O–H groups in total. The number of carbonyl (C=O) groups is 1. The van der Waals surface area contributed by atoms with Gasteiger partial charge in [-0.15, -0.1) is 0 Å². The lowest BCUT2D eigenvalue weighted by atomic mass is 9.80. The van der Waals surface area contributed by atoms with E-state index in [1.54, 1.807) is 4.90 Å². The van der Waals surface area contributed by atoms with Gasteiger partial charge in [-0.05, 0) is 44.9 Å². The highest BCUT2D eigenvalue weighted by molar-refractivity contribution is 5.67. The van der Waals surface area contributed by atoms with Crippen molar-refractivity contribution in [2.45, 2.75) is 51.6 Å². The Morgan fingerprint density at radius 2 is 2.25 bits per heavy atom. The Bertz CT molecular complexity index is 339. The van der Waals surface area contributed by atoms with E-state index >= 15 is 0 Å². The van der Waals surface area contributed by atoms with Crippen LogP contribution in [0.2, 0.25) is 0 Å². The summed E-state index contributed by atoms with van der Waals surface area (Å²) >= 11 is 0. The average Bonchev–Trinajstić information content (AvgIpc) is 2.66. The van der Waals surface area contributed by atoms with Crippen LogP contribution in [0.15, 0.2) is 12.2 Å². The second-order valence-electron chi connectivity index (χ2n) is 5.53. The summed E-state index contributed by atoms with van der Waals surface area (Å²) in [5, 5.41) is 9.37. The van der Waals surface area contributed by atoms with Crippen LogP contribution < -0.4 is 0 Å². The van der Waals surface area contributed by atoms with Crippen molar-refractivity contribution >= 4 is 6.09 Å². The number of hydrogen-bond acceptors (Lipinski definition) is 1. The van der Waals surface area contributed by atoms with Gasteiger partial charge in [0.25, 0.3) is 0 Å². The lowest BCUT2D eigenvalue weighted by Gasteiger charge is -2.38. The molecule has 3 heteroatoms. The lowest BCUT2D eigenvalue weighted by molar-refractivity contribution is 0.0755. The molecule has 3 nitrogen and oxygen atoms in total. The van der Waals surface area contributed by atoms with Gasteiger partial charge in [0.15, 0.2) is 0 Å². The SMILES string of the molecule is C=C1CC2C(C)N(C(=O)O)C(C)(CC)C2C1. The first kappa shape index (κ1) is 11.5. The van der Waals surface area contributed by atoms with E-state index in [0.717, 1.165) is 19.3 Å². The summed E-state index contributed by atoms with van der Waals surface area (Å²) < 4.78 is 0. The zero-order valence-corrected chi connectivity index (χ0v) is 10.4. The van der Waals surface area contributed by atoms with Gasteiger partial charge < -0.3 is 5.11 Å². The van der Waals surface area contributed by atoms with Gasteiger partial charge in [-0.2, -0.15) is 0 Å². The predicted molar refractivity (Wildman–Crippen MR) is 63.4 cm³/mol. The van der Waals surface area contributed by atoms with Crippen LogP contribution in [0.3, 0.4) is 0 Å². The molecule has 1 saturated heterocycles. The van der Waals surface area contributed by atoms with Crippen LogP contribution >= 0.6 is 0 Å². The zero-order valence-electron chi connectivity index (χ0n) is 10.4. The summed E-state index contributed by atoms with van der Waals surface area (Å²) in [6.45, 7) is 10.3. The third-order valence-corrected chi connectivity index (χ3v) is 4.85. The maximum atomic E-state index is 11.4. The van der Waals surface area contributed by atoms with Crippen molar-refractivity contribution in [2.24, 2.45) is 11.8 Å². The second-order valence-corrected chi connectivity index (χ2v) is 5.53. The molecule has 2 aliphatic rings. The van der Waals surface area contributed by atoms with E-state index in [4.69, 9.17) is 0 Å². The van der Waals surface area contributed by atoms with Crippen molar-refractivity contribution in [3.05, 3.63) is 12.2 Å². The highest BCUT2D eigenvalue weighted by atomic mass is 16.4. The first-order chi connectivity index (χ1) is 7.41. The third-order valence-electron chi connectivity index (χ3n) is 4.85. The molecule has 90 valence electrons. The number of likely N-dealkylation sites (tertiary alicyclic amines) is 1. The number of hydrogen-bond donors (Lipinski definition) is 1. The van der Waals surface area contributed by atoms with Crippen LogP contribution in [-0.2, 0) is 0 Å². The molecule has 16 heavy (non-hydrogen) atoms. The van der Waals surface area contributed by atoms with Crippen molar-refractivity contribution in [1.29, 1.82) is 0 Å². The van der Waals surface area contributed by atoms with Gasteiger partial charge in [0.1, 0.15) is 0 Å². The molecule has 2 fully saturated rings. The minimum Gasteiger partial charge on any atom is -0.465 e.